The van der Waals surface area contributed by atoms with Gasteiger partial charge in [-0.2, -0.15) is 5.26 Å². The molecule has 0 fully saturated rings. The standard InChI is InChI=1S/C25H28N4O3S2/c1-4-34(30,31)29-15-28-22-10-9-19-20(22)6-5-7-21(19)24-14-27-25(33-24)17-8-11-23(32-16(2)3)18(12-17)13-26/h5-8,11-12,14,16,22,28-29H,4,9-10,15H2,1-3H3. The summed E-state index contributed by atoms with van der Waals surface area (Å²) in [4.78, 5) is 5.70. The van der Waals surface area contributed by atoms with Crippen molar-refractivity contribution in [2.75, 3.05) is 12.4 Å². The topological polar surface area (TPSA) is 104 Å². The zero-order chi connectivity index (χ0) is 24.3. The van der Waals surface area contributed by atoms with E-state index in [1.807, 2.05) is 44.3 Å². The maximum Gasteiger partial charge on any atom is 0.212 e. The first-order valence-electron chi connectivity index (χ1n) is 11.3. The molecule has 1 aromatic heterocycles. The van der Waals surface area contributed by atoms with E-state index in [0.717, 1.165) is 33.9 Å². The molecule has 0 saturated carbocycles. The first-order chi connectivity index (χ1) is 16.3. The minimum Gasteiger partial charge on any atom is -0.490 e. The third kappa shape index (κ3) is 5.31. The number of thiazole rings is 1. The molecule has 1 unspecified atom stereocenters. The Kier molecular flexibility index (Phi) is 7.33. The Bertz CT molecular complexity index is 1330. The van der Waals surface area contributed by atoms with Gasteiger partial charge < -0.3 is 4.74 Å². The van der Waals surface area contributed by atoms with Crippen LogP contribution in [-0.4, -0.2) is 31.9 Å². The summed E-state index contributed by atoms with van der Waals surface area (Å²) in [5, 5.41) is 13.7. The summed E-state index contributed by atoms with van der Waals surface area (Å²) in [6.07, 6.45) is 3.71. The number of benzene rings is 2. The van der Waals surface area contributed by atoms with Gasteiger partial charge in [-0.3, -0.25) is 5.32 Å². The number of hydrogen-bond donors (Lipinski definition) is 2. The minimum atomic E-state index is -3.22. The second kappa shape index (κ2) is 10.2. The highest BCUT2D eigenvalue weighted by atomic mass is 32.2. The Morgan fingerprint density at radius 2 is 2.12 bits per heavy atom. The van der Waals surface area contributed by atoms with E-state index in [4.69, 9.17) is 4.74 Å². The third-order valence-corrected chi connectivity index (χ3v) is 8.20. The Morgan fingerprint density at radius 1 is 1.29 bits per heavy atom. The highest BCUT2D eigenvalue weighted by Crippen LogP contribution is 2.41. The molecule has 0 radical (unpaired) electrons. The maximum atomic E-state index is 11.7. The summed E-state index contributed by atoms with van der Waals surface area (Å²) < 4.78 is 31.7. The lowest BCUT2D eigenvalue weighted by Gasteiger charge is -2.15. The van der Waals surface area contributed by atoms with Crippen LogP contribution in [0.5, 0.6) is 5.75 Å². The van der Waals surface area contributed by atoms with E-state index in [0.29, 0.717) is 11.3 Å². The first kappa shape index (κ1) is 24.4. The monoisotopic (exact) mass is 496 g/mol. The van der Waals surface area contributed by atoms with Gasteiger partial charge in [-0.15, -0.1) is 11.3 Å². The van der Waals surface area contributed by atoms with Gasteiger partial charge in [0.15, 0.2) is 0 Å². The SMILES string of the molecule is CCS(=O)(=O)NCNC1CCc2c(-c3cnc(-c4ccc(OC(C)C)c(C#N)c4)s3)cccc21. The van der Waals surface area contributed by atoms with E-state index in [9.17, 15) is 13.7 Å². The number of nitrogens with one attached hydrogen (secondary N) is 2. The zero-order valence-corrected chi connectivity index (χ0v) is 21.1. The van der Waals surface area contributed by atoms with Crippen molar-refractivity contribution in [3.05, 3.63) is 59.3 Å². The maximum absolute atomic E-state index is 11.7. The van der Waals surface area contributed by atoms with Crippen LogP contribution >= 0.6 is 11.3 Å². The van der Waals surface area contributed by atoms with Crippen LogP contribution in [0.1, 0.15) is 49.9 Å². The number of rotatable bonds is 9. The van der Waals surface area contributed by atoms with Crippen LogP contribution in [0.4, 0.5) is 0 Å². The second-order valence-corrected chi connectivity index (χ2v) is 11.5. The molecule has 0 saturated heterocycles. The van der Waals surface area contributed by atoms with Crippen molar-refractivity contribution in [1.82, 2.24) is 15.0 Å². The molecule has 0 spiro atoms. The van der Waals surface area contributed by atoms with Gasteiger partial charge >= 0.3 is 0 Å². The van der Waals surface area contributed by atoms with Gasteiger partial charge in [0, 0.05) is 17.8 Å². The molecular weight excluding hydrogens is 468 g/mol. The number of aromatic nitrogens is 1. The number of fused-ring (bicyclic) bond motifs is 1. The van der Waals surface area contributed by atoms with E-state index in [2.05, 4.69) is 33.2 Å². The predicted octanol–water partition coefficient (Wildman–Crippen LogP) is 4.61. The lowest BCUT2D eigenvalue weighted by molar-refractivity contribution is 0.242. The zero-order valence-electron chi connectivity index (χ0n) is 19.5. The molecule has 4 rings (SSSR count). The van der Waals surface area contributed by atoms with E-state index in [1.165, 1.54) is 11.1 Å². The summed E-state index contributed by atoms with van der Waals surface area (Å²) in [5.74, 6) is 0.649. The van der Waals surface area contributed by atoms with E-state index < -0.39 is 10.0 Å². The van der Waals surface area contributed by atoms with Crippen molar-refractivity contribution < 1.29 is 13.2 Å². The fourth-order valence-corrected chi connectivity index (χ4v) is 5.59. The van der Waals surface area contributed by atoms with Crippen LogP contribution in [0.2, 0.25) is 0 Å². The van der Waals surface area contributed by atoms with Crippen molar-refractivity contribution in [2.45, 2.75) is 45.8 Å². The fraction of sp³-hybridized carbons (Fsp3) is 0.360. The van der Waals surface area contributed by atoms with Crippen molar-refractivity contribution >= 4 is 21.4 Å². The Morgan fingerprint density at radius 3 is 2.85 bits per heavy atom. The highest BCUT2D eigenvalue weighted by Gasteiger charge is 2.25. The summed E-state index contributed by atoms with van der Waals surface area (Å²) in [7, 11) is -3.22. The summed E-state index contributed by atoms with van der Waals surface area (Å²) in [6.45, 7) is 5.71. The number of sulfonamides is 1. The molecule has 178 valence electrons. The van der Waals surface area contributed by atoms with Crippen molar-refractivity contribution in [2.24, 2.45) is 0 Å². The largest absolute Gasteiger partial charge is 0.490 e. The van der Waals surface area contributed by atoms with Crippen molar-refractivity contribution in [3.63, 3.8) is 0 Å². The lowest BCUT2D eigenvalue weighted by atomic mass is 10.0. The van der Waals surface area contributed by atoms with Gasteiger partial charge in [-0.25, -0.2) is 18.1 Å². The normalized spacial score (nSPS) is 15.3. The van der Waals surface area contributed by atoms with Crippen LogP contribution < -0.4 is 14.8 Å². The summed E-state index contributed by atoms with van der Waals surface area (Å²) in [5.41, 5.74) is 5.01. The second-order valence-electron chi connectivity index (χ2n) is 8.41. The molecule has 1 aliphatic carbocycles. The van der Waals surface area contributed by atoms with Crippen LogP contribution in [0.3, 0.4) is 0 Å². The van der Waals surface area contributed by atoms with Gasteiger partial charge in [0.1, 0.15) is 16.8 Å². The lowest BCUT2D eigenvalue weighted by Crippen LogP contribution is -2.36. The van der Waals surface area contributed by atoms with Gasteiger partial charge in [0.2, 0.25) is 10.0 Å². The quantitative estimate of drug-likeness (QED) is 0.419. The molecule has 1 heterocycles. The van der Waals surface area contributed by atoms with E-state index >= 15 is 0 Å². The average Bonchev–Trinajstić information content (AvgIpc) is 3.47. The Hall–Kier alpha value is -2.77. The molecule has 2 N–H and O–H groups in total. The van der Waals surface area contributed by atoms with Crippen molar-refractivity contribution in [1.29, 1.82) is 5.26 Å². The molecule has 1 aliphatic rings. The minimum absolute atomic E-state index is 0.00487. The molecule has 0 aliphatic heterocycles. The van der Waals surface area contributed by atoms with E-state index in [1.54, 1.807) is 18.3 Å². The fourth-order valence-electron chi connectivity index (χ4n) is 4.11. The number of ether oxygens (including phenoxy) is 1. The molecule has 1 atom stereocenters. The van der Waals surface area contributed by atoms with Crippen LogP contribution in [0, 0.1) is 11.3 Å². The van der Waals surface area contributed by atoms with Crippen LogP contribution in [-0.2, 0) is 16.4 Å². The van der Waals surface area contributed by atoms with Crippen LogP contribution in [0.15, 0.2) is 42.6 Å². The van der Waals surface area contributed by atoms with Crippen LogP contribution in [0.25, 0.3) is 21.0 Å². The average molecular weight is 497 g/mol. The summed E-state index contributed by atoms with van der Waals surface area (Å²) in [6, 6.07) is 14.2. The Labute approximate surface area is 204 Å². The molecule has 2 aromatic carbocycles. The number of hydrogen-bond acceptors (Lipinski definition) is 7. The van der Waals surface area contributed by atoms with Gasteiger partial charge in [-0.05, 0) is 68.5 Å². The molecular formula is C25H28N4O3S2. The molecule has 0 bridgehead atoms. The van der Waals surface area contributed by atoms with E-state index in [-0.39, 0.29) is 24.6 Å². The molecule has 34 heavy (non-hydrogen) atoms. The molecule has 9 heteroatoms. The van der Waals surface area contributed by atoms with Gasteiger partial charge in [-0.1, -0.05) is 18.2 Å². The number of nitriles is 1. The highest BCUT2D eigenvalue weighted by molar-refractivity contribution is 7.89. The first-order valence-corrected chi connectivity index (χ1v) is 13.8. The van der Waals surface area contributed by atoms with Gasteiger partial charge in [0.05, 0.1) is 29.0 Å². The smallest absolute Gasteiger partial charge is 0.212 e. The van der Waals surface area contributed by atoms with Gasteiger partial charge in [0.25, 0.3) is 0 Å². The third-order valence-electron chi connectivity index (χ3n) is 5.77. The Balaban J connectivity index is 1.55. The predicted molar refractivity (Wildman–Crippen MR) is 135 cm³/mol. The summed E-state index contributed by atoms with van der Waals surface area (Å²) >= 11 is 1.60. The number of nitrogens with zero attached hydrogens (tertiary/aromatic N) is 2. The van der Waals surface area contributed by atoms with Crippen molar-refractivity contribution in [3.8, 4) is 32.8 Å². The molecule has 7 nitrogen and oxygen atoms in total. The molecule has 0 amide bonds. The molecule has 3 aromatic rings.